The smallest absolute Gasteiger partial charge is 0.312 e. The first-order valence-corrected chi connectivity index (χ1v) is 8.87. The van der Waals surface area contributed by atoms with E-state index in [1.807, 2.05) is 32.9 Å². The second kappa shape index (κ2) is 7.47. The van der Waals surface area contributed by atoms with Crippen molar-refractivity contribution in [3.63, 3.8) is 0 Å². The van der Waals surface area contributed by atoms with Crippen molar-refractivity contribution in [3.05, 3.63) is 35.4 Å². The Morgan fingerprint density at radius 2 is 1.96 bits per heavy atom. The molecule has 2 rings (SSSR count). The van der Waals surface area contributed by atoms with Gasteiger partial charge in [0.1, 0.15) is 6.04 Å². The Bertz CT molecular complexity index is 691. The van der Waals surface area contributed by atoms with Crippen LogP contribution in [0.4, 0.5) is 0 Å². The molecule has 0 heterocycles. The van der Waals surface area contributed by atoms with Gasteiger partial charge in [0.05, 0.1) is 5.41 Å². The zero-order valence-electron chi connectivity index (χ0n) is 14.6. The second-order valence-electron chi connectivity index (χ2n) is 6.89. The Balaban J connectivity index is 2.06. The van der Waals surface area contributed by atoms with Crippen molar-refractivity contribution in [2.75, 3.05) is 5.75 Å². The molecule has 25 heavy (non-hydrogen) atoms. The fourth-order valence-corrected chi connectivity index (χ4v) is 3.30. The molecule has 1 aliphatic rings. The summed E-state index contributed by atoms with van der Waals surface area (Å²) in [5.41, 5.74) is 0.341. The maximum absolute atomic E-state index is 12.6. The first kappa shape index (κ1) is 19.3. The third-order valence-electron chi connectivity index (χ3n) is 4.73. The molecule has 0 radical (unpaired) electrons. The Morgan fingerprint density at radius 3 is 2.44 bits per heavy atom. The van der Waals surface area contributed by atoms with Crippen LogP contribution in [-0.2, 0) is 9.59 Å². The highest BCUT2D eigenvalue weighted by atomic mass is 32.1. The minimum atomic E-state index is -1.000. The van der Waals surface area contributed by atoms with Crippen LogP contribution in [0.25, 0.3) is 0 Å². The minimum absolute atomic E-state index is 0.137. The van der Waals surface area contributed by atoms with E-state index in [1.54, 1.807) is 12.1 Å². The lowest BCUT2D eigenvalue weighted by molar-refractivity contribution is -0.142. The molecule has 0 spiro atoms. The van der Waals surface area contributed by atoms with Gasteiger partial charge < -0.3 is 15.7 Å². The lowest BCUT2D eigenvalue weighted by Gasteiger charge is -2.23. The van der Waals surface area contributed by atoms with Gasteiger partial charge in [-0.3, -0.25) is 14.4 Å². The van der Waals surface area contributed by atoms with E-state index < -0.39 is 23.5 Å². The third kappa shape index (κ3) is 3.98. The molecule has 2 amide bonds. The average Bonchev–Trinajstić information content (AvgIpc) is 3.26. The van der Waals surface area contributed by atoms with Gasteiger partial charge in [-0.15, -0.1) is 0 Å². The number of amides is 2. The number of rotatable bonds is 7. The van der Waals surface area contributed by atoms with Crippen molar-refractivity contribution in [1.82, 2.24) is 10.6 Å². The molecule has 1 unspecified atom stereocenters. The van der Waals surface area contributed by atoms with Crippen molar-refractivity contribution in [3.8, 4) is 0 Å². The Labute approximate surface area is 152 Å². The van der Waals surface area contributed by atoms with Gasteiger partial charge in [0.25, 0.3) is 5.91 Å². The number of nitrogens with one attached hydrogen (secondary N) is 2. The number of aryl methyl sites for hydroxylation is 1. The first-order chi connectivity index (χ1) is 11.7. The molecule has 1 aromatic carbocycles. The Morgan fingerprint density at radius 1 is 1.32 bits per heavy atom. The number of hydrogen-bond donors (Lipinski definition) is 4. The van der Waals surface area contributed by atoms with E-state index in [9.17, 15) is 19.5 Å². The van der Waals surface area contributed by atoms with Gasteiger partial charge in [0, 0.05) is 17.4 Å². The summed E-state index contributed by atoms with van der Waals surface area (Å²) in [6, 6.07) is 5.96. The lowest BCUT2D eigenvalue weighted by atomic mass is 10.0. The van der Waals surface area contributed by atoms with Crippen LogP contribution >= 0.6 is 12.6 Å². The van der Waals surface area contributed by atoms with Gasteiger partial charge in [-0.2, -0.15) is 12.6 Å². The van der Waals surface area contributed by atoms with Gasteiger partial charge in [-0.1, -0.05) is 32.0 Å². The summed E-state index contributed by atoms with van der Waals surface area (Å²) in [7, 11) is 0. The SMILES string of the molecule is Cc1ccccc1C(=O)N[C@H](C(=O)NC1C[C@@]1(CS)C(=O)O)C(C)C. The predicted molar refractivity (Wildman–Crippen MR) is 97.7 cm³/mol. The first-order valence-electron chi connectivity index (χ1n) is 8.24. The van der Waals surface area contributed by atoms with Crippen molar-refractivity contribution in [1.29, 1.82) is 0 Å². The number of thiol groups is 1. The number of carbonyl (C=O) groups excluding carboxylic acids is 2. The predicted octanol–water partition coefficient (Wildman–Crippen LogP) is 1.64. The van der Waals surface area contributed by atoms with Gasteiger partial charge in [0.2, 0.25) is 5.91 Å². The number of carboxylic acid groups (broad SMARTS) is 1. The fraction of sp³-hybridized carbons (Fsp3) is 0.500. The normalized spacial score (nSPS) is 23.0. The molecule has 1 saturated carbocycles. The number of hydrogen-bond acceptors (Lipinski definition) is 4. The summed E-state index contributed by atoms with van der Waals surface area (Å²) < 4.78 is 0. The van der Waals surface area contributed by atoms with Gasteiger partial charge in [0.15, 0.2) is 0 Å². The number of benzene rings is 1. The standard InChI is InChI=1S/C18H24N2O4S/c1-10(2)14(20-15(21)12-7-5-4-6-11(12)3)16(22)19-13-8-18(13,9-25)17(23)24/h4-7,10,13-14,25H,8-9H2,1-3H3,(H,19,22)(H,20,21)(H,23,24)/t13?,14-,18-/m0/s1. The maximum Gasteiger partial charge on any atom is 0.312 e. The molecule has 136 valence electrons. The molecule has 3 N–H and O–H groups in total. The summed E-state index contributed by atoms with van der Waals surface area (Å²) in [5, 5.41) is 14.8. The highest BCUT2D eigenvalue weighted by molar-refractivity contribution is 7.80. The van der Waals surface area contributed by atoms with E-state index in [2.05, 4.69) is 23.3 Å². The fourth-order valence-electron chi connectivity index (χ4n) is 2.82. The topological polar surface area (TPSA) is 95.5 Å². The molecule has 0 bridgehead atoms. The van der Waals surface area contributed by atoms with E-state index in [0.717, 1.165) is 5.56 Å². The van der Waals surface area contributed by atoms with E-state index in [-0.39, 0.29) is 23.5 Å². The largest absolute Gasteiger partial charge is 0.481 e. The monoisotopic (exact) mass is 364 g/mol. The third-order valence-corrected chi connectivity index (χ3v) is 5.29. The molecule has 3 atom stereocenters. The summed E-state index contributed by atoms with van der Waals surface area (Å²) in [6.07, 6.45) is 0.355. The van der Waals surface area contributed by atoms with Crippen LogP contribution in [0.5, 0.6) is 0 Å². The average molecular weight is 364 g/mol. The van der Waals surface area contributed by atoms with Gasteiger partial charge in [-0.25, -0.2) is 0 Å². The summed E-state index contributed by atoms with van der Waals surface area (Å²) in [4.78, 5) is 36.4. The zero-order valence-corrected chi connectivity index (χ0v) is 15.5. The molecule has 0 saturated heterocycles. The summed E-state index contributed by atoms with van der Waals surface area (Å²) in [6.45, 7) is 5.49. The molecule has 0 aliphatic heterocycles. The molecular weight excluding hydrogens is 340 g/mol. The Hall–Kier alpha value is -2.02. The quantitative estimate of drug-likeness (QED) is 0.553. The lowest BCUT2D eigenvalue weighted by Crippen LogP contribution is -2.51. The minimum Gasteiger partial charge on any atom is -0.481 e. The van der Waals surface area contributed by atoms with Crippen LogP contribution in [0.1, 0.15) is 36.2 Å². The van der Waals surface area contributed by atoms with E-state index in [4.69, 9.17) is 0 Å². The van der Waals surface area contributed by atoms with Gasteiger partial charge >= 0.3 is 5.97 Å². The van der Waals surface area contributed by atoms with Crippen molar-refractivity contribution in [2.45, 2.75) is 39.3 Å². The second-order valence-corrected chi connectivity index (χ2v) is 7.21. The van der Waals surface area contributed by atoms with Crippen LogP contribution in [0.15, 0.2) is 24.3 Å². The highest BCUT2D eigenvalue weighted by Gasteiger charge is 2.60. The number of carbonyl (C=O) groups is 3. The van der Waals surface area contributed by atoms with Crippen LogP contribution < -0.4 is 10.6 Å². The number of carboxylic acids is 1. The molecule has 1 aliphatic carbocycles. The van der Waals surface area contributed by atoms with Gasteiger partial charge in [-0.05, 0) is 30.9 Å². The zero-order chi connectivity index (χ0) is 18.8. The van der Waals surface area contributed by atoms with Crippen LogP contribution in [-0.4, -0.2) is 40.7 Å². The van der Waals surface area contributed by atoms with Crippen LogP contribution in [0.3, 0.4) is 0 Å². The number of aliphatic carboxylic acids is 1. The van der Waals surface area contributed by atoms with Crippen molar-refractivity contribution < 1.29 is 19.5 Å². The maximum atomic E-state index is 12.6. The molecular formula is C18H24N2O4S. The summed E-state index contributed by atoms with van der Waals surface area (Å²) >= 11 is 4.09. The van der Waals surface area contributed by atoms with E-state index >= 15 is 0 Å². The van der Waals surface area contributed by atoms with Crippen molar-refractivity contribution >= 4 is 30.4 Å². The van der Waals surface area contributed by atoms with E-state index in [0.29, 0.717) is 12.0 Å². The molecule has 7 heteroatoms. The molecule has 0 aromatic heterocycles. The van der Waals surface area contributed by atoms with E-state index in [1.165, 1.54) is 0 Å². The van der Waals surface area contributed by atoms with Crippen LogP contribution in [0.2, 0.25) is 0 Å². The summed E-state index contributed by atoms with van der Waals surface area (Å²) in [5.74, 6) is -1.62. The molecule has 6 nitrogen and oxygen atoms in total. The highest BCUT2D eigenvalue weighted by Crippen LogP contribution is 2.47. The Kier molecular flexibility index (Phi) is 5.77. The molecule has 1 aromatic rings. The molecule has 1 fully saturated rings. The van der Waals surface area contributed by atoms with Crippen molar-refractivity contribution in [2.24, 2.45) is 11.3 Å². The van der Waals surface area contributed by atoms with Crippen LogP contribution in [0, 0.1) is 18.3 Å².